The molecule has 2 heterocycles. The minimum atomic E-state index is -0.336. The Labute approximate surface area is 154 Å². The Morgan fingerprint density at radius 1 is 1.35 bits per heavy atom. The number of pyridine rings is 1. The molecule has 3 aromatic rings. The van der Waals surface area contributed by atoms with Gasteiger partial charge < -0.3 is 15.6 Å². The molecule has 0 unspecified atom stereocenters. The number of likely N-dealkylation sites (N-methyl/N-ethyl adjacent to an activating group) is 1. The number of benzene rings is 1. The number of anilines is 1. The van der Waals surface area contributed by atoms with Crippen molar-refractivity contribution in [2.24, 2.45) is 0 Å². The largest absolute Gasteiger partial charge is 0.359 e. The van der Waals surface area contributed by atoms with Crippen molar-refractivity contribution in [1.29, 1.82) is 0 Å². The van der Waals surface area contributed by atoms with Crippen molar-refractivity contribution in [3.8, 4) is 0 Å². The first kappa shape index (κ1) is 17.9. The maximum absolute atomic E-state index is 12.4. The smallest absolute Gasteiger partial charge is 0.253 e. The third kappa shape index (κ3) is 3.83. The highest BCUT2D eigenvalue weighted by Gasteiger charge is 2.14. The van der Waals surface area contributed by atoms with E-state index in [1.807, 2.05) is 19.1 Å². The Morgan fingerprint density at radius 3 is 2.92 bits per heavy atom. The van der Waals surface area contributed by atoms with E-state index in [-0.39, 0.29) is 23.9 Å². The molecule has 134 valence electrons. The average molecular weight is 372 g/mol. The zero-order chi connectivity index (χ0) is 18.7. The molecule has 1 aromatic carbocycles. The number of nitrogens with zero attached hydrogens (tertiary/aromatic N) is 2. The van der Waals surface area contributed by atoms with Crippen LogP contribution in [0.25, 0.3) is 10.9 Å². The quantitative estimate of drug-likeness (QED) is 0.639. The monoisotopic (exact) mass is 371 g/mol. The van der Waals surface area contributed by atoms with Crippen molar-refractivity contribution in [2.45, 2.75) is 19.4 Å². The van der Waals surface area contributed by atoms with Crippen molar-refractivity contribution in [3.63, 3.8) is 0 Å². The lowest BCUT2D eigenvalue weighted by Gasteiger charge is -2.14. The van der Waals surface area contributed by atoms with Gasteiger partial charge in [0, 0.05) is 24.2 Å². The zero-order valence-electron chi connectivity index (χ0n) is 14.3. The third-order valence-electron chi connectivity index (χ3n) is 4.00. The minimum absolute atomic E-state index is 0.134. The fraction of sp³-hybridized carbons (Fsp3) is 0.222. The van der Waals surface area contributed by atoms with Gasteiger partial charge in [-0.15, -0.1) is 0 Å². The predicted octanol–water partition coefficient (Wildman–Crippen LogP) is 2.43. The van der Waals surface area contributed by atoms with Gasteiger partial charge in [0.25, 0.3) is 5.56 Å². The number of aromatic nitrogens is 3. The first-order valence-corrected chi connectivity index (χ1v) is 8.46. The highest BCUT2D eigenvalue weighted by molar-refractivity contribution is 6.35. The summed E-state index contributed by atoms with van der Waals surface area (Å²) in [6.07, 6.45) is 1.74. The van der Waals surface area contributed by atoms with Gasteiger partial charge >= 0.3 is 0 Å². The number of para-hydroxylation sites is 1. The van der Waals surface area contributed by atoms with Gasteiger partial charge in [0.15, 0.2) is 0 Å². The molecule has 26 heavy (non-hydrogen) atoms. The molecule has 2 aromatic heterocycles. The standard InChI is InChI=1S/C18H18ClN5O2/c1-10(22-18-21-7-6-12(23-18)9-15(25)20-2)13-8-11-4-3-5-14(19)16(11)24-17(13)26/h3-8,10H,9H2,1-2H3,(H,20,25)(H,24,26)(H,21,22,23)/t10-/m0/s1. The maximum atomic E-state index is 12.4. The van der Waals surface area contributed by atoms with Gasteiger partial charge in [0.2, 0.25) is 11.9 Å². The lowest BCUT2D eigenvalue weighted by Crippen LogP contribution is -2.22. The second-order valence-electron chi connectivity index (χ2n) is 5.85. The number of H-pyrrole nitrogens is 1. The van der Waals surface area contributed by atoms with Crippen molar-refractivity contribution in [3.05, 3.63) is 63.2 Å². The molecule has 0 bridgehead atoms. The van der Waals surface area contributed by atoms with Crippen LogP contribution < -0.4 is 16.2 Å². The molecule has 0 spiro atoms. The van der Waals surface area contributed by atoms with Crippen LogP contribution in [0.15, 0.2) is 41.3 Å². The molecule has 0 aliphatic carbocycles. The number of hydrogen-bond donors (Lipinski definition) is 3. The minimum Gasteiger partial charge on any atom is -0.359 e. The number of rotatable bonds is 5. The van der Waals surface area contributed by atoms with Crippen LogP contribution in [0.5, 0.6) is 0 Å². The Morgan fingerprint density at radius 2 is 2.15 bits per heavy atom. The molecule has 0 aliphatic heterocycles. The molecule has 1 amide bonds. The number of carbonyl (C=O) groups excluding carboxylic acids is 1. The van der Waals surface area contributed by atoms with E-state index in [1.165, 1.54) is 0 Å². The molecule has 0 radical (unpaired) electrons. The van der Waals surface area contributed by atoms with Gasteiger partial charge in [-0.2, -0.15) is 0 Å². The molecule has 0 aliphatic rings. The fourth-order valence-corrected chi connectivity index (χ4v) is 2.85. The summed E-state index contributed by atoms with van der Waals surface area (Å²) in [6.45, 7) is 1.84. The Bertz CT molecular complexity index is 1020. The van der Waals surface area contributed by atoms with Crippen LogP contribution in [0.1, 0.15) is 24.2 Å². The number of fused-ring (bicyclic) bond motifs is 1. The van der Waals surface area contributed by atoms with Gasteiger partial charge in [-0.05, 0) is 25.1 Å². The van der Waals surface area contributed by atoms with Crippen molar-refractivity contribution in [2.75, 3.05) is 12.4 Å². The molecule has 0 fully saturated rings. The van der Waals surface area contributed by atoms with Crippen LogP contribution in [0, 0.1) is 0 Å². The molecule has 1 atom stereocenters. The number of amides is 1. The summed E-state index contributed by atoms with van der Waals surface area (Å²) >= 11 is 6.12. The number of nitrogens with one attached hydrogen (secondary N) is 3. The number of hydrogen-bond acceptors (Lipinski definition) is 5. The number of aromatic amines is 1. The normalized spacial score (nSPS) is 12.0. The molecule has 7 nitrogen and oxygen atoms in total. The van der Waals surface area contributed by atoms with E-state index in [0.29, 0.717) is 27.7 Å². The number of carbonyl (C=O) groups is 1. The summed E-state index contributed by atoms with van der Waals surface area (Å²) < 4.78 is 0. The zero-order valence-corrected chi connectivity index (χ0v) is 15.1. The summed E-state index contributed by atoms with van der Waals surface area (Å²) in [7, 11) is 1.57. The van der Waals surface area contributed by atoms with Gasteiger partial charge in [-0.1, -0.05) is 23.7 Å². The third-order valence-corrected chi connectivity index (χ3v) is 4.32. The van der Waals surface area contributed by atoms with Crippen LogP contribution in [0.2, 0.25) is 5.02 Å². The van der Waals surface area contributed by atoms with Gasteiger partial charge in [-0.25, -0.2) is 9.97 Å². The molecule has 0 saturated heterocycles. The van der Waals surface area contributed by atoms with Gasteiger partial charge in [0.05, 0.1) is 28.7 Å². The van der Waals surface area contributed by atoms with Crippen LogP contribution in [-0.4, -0.2) is 27.9 Å². The molecule has 3 rings (SSSR count). The van der Waals surface area contributed by atoms with Crippen LogP contribution >= 0.6 is 11.6 Å². The van der Waals surface area contributed by atoms with Crippen LogP contribution in [0.3, 0.4) is 0 Å². The van der Waals surface area contributed by atoms with E-state index in [9.17, 15) is 9.59 Å². The maximum Gasteiger partial charge on any atom is 0.253 e. The molecule has 3 N–H and O–H groups in total. The first-order chi connectivity index (χ1) is 12.5. The Kier molecular flexibility index (Phi) is 5.18. The molecule has 8 heteroatoms. The molecular weight excluding hydrogens is 354 g/mol. The van der Waals surface area contributed by atoms with E-state index >= 15 is 0 Å². The Balaban J connectivity index is 1.86. The second kappa shape index (κ2) is 7.53. The summed E-state index contributed by atoms with van der Waals surface area (Å²) in [5, 5.41) is 7.00. The van der Waals surface area contributed by atoms with E-state index in [0.717, 1.165) is 5.39 Å². The van der Waals surface area contributed by atoms with E-state index in [2.05, 4.69) is 25.6 Å². The van der Waals surface area contributed by atoms with E-state index in [4.69, 9.17) is 11.6 Å². The molecular formula is C18H18ClN5O2. The highest BCUT2D eigenvalue weighted by atomic mass is 35.5. The van der Waals surface area contributed by atoms with E-state index < -0.39 is 0 Å². The lowest BCUT2D eigenvalue weighted by atomic mass is 10.1. The van der Waals surface area contributed by atoms with Crippen LogP contribution in [-0.2, 0) is 11.2 Å². The predicted molar refractivity (Wildman–Crippen MR) is 101 cm³/mol. The SMILES string of the molecule is CNC(=O)Cc1ccnc(N[C@@H](C)c2cc3cccc(Cl)c3[nH]c2=O)n1. The van der Waals surface area contributed by atoms with Crippen molar-refractivity contribution in [1.82, 2.24) is 20.3 Å². The van der Waals surface area contributed by atoms with E-state index in [1.54, 1.807) is 31.4 Å². The molecule has 0 saturated carbocycles. The fourth-order valence-electron chi connectivity index (χ4n) is 2.62. The topological polar surface area (TPSA) is 99.8 Å². The van der Waals surface area contributed by atoms with Gasteiger partial charge in [-0.3, -0.25) is 9.59 Å². The summed E-state index contributed by atoms with van der Waals surface area (Å²) in [5.41, 5.74) is 1.51. The number of halogens is 1. The van der Waals surface area contributed by atoms with Gasteiger partial charge in [0.1, 0.15) is 0 Å². The highest BCUT2D eigenvalue weighted by Crippen LogP contribution is 2.23. The first-order valence-electron chi connectivity index (χ1n) is 8.08. The summed E-state index contributed by atoms with van der Waals surface area (Å²) in [6, 6.07) is 8.58. The van der Waals surface area contributed by atoms with Crippen molar-refractivity contribution >= 4 is 34.4 Å². The van der Waals surface area contributed by atoms with Crippen LogP contribution in [0.4, 0.5) is 5.95 Å². The average Bonchev–Trinajstić information content (AvgIpc) is 2.62. The van der Waals surface area contributed by atoms with Crippen molar-refractivity contribution < 1.29 is 4.79 Å². The lowest BCUT2D eigenvalue weighted by molar-refractivity contribution is -0.120. The summed E-state index contributed by atoms with van der Waals surface area (Å²) in [4.78, 5) is 35.2. The summed E-state index contributed by atoms with van der Waals surface area (Å²) in [5.74, 6) is 0.218. The Hall–Kier alpha value is -2.93. The second-order valence-corrected chi connectivity index (χ2v) is 6.25.